The maximum atomic E-state index is 9.37. The van der Waals surface area contributed by atoms with Crippen LogP contribution >= 0.6 is 0 Å². The fraction of sp³-hybridized carbons (Fsp3) is 0. The van der Waals surface area contributed by atoms with Crippen LogP contribution in [-0.2, 0) is 0 Å². The zero-order valence-corrected chi connectivity index (χ0v) is 12.0. The smallest absolute Gasteiger partial charge is 0.238 e. The maximum Gasteiger partial charge on any atom is 0.268 e. The van der Waals surface area contributed by atoms with Crippen molar-refractivity contribution in [3.8, 4) is 18.2 Å². The van der Waals surface area contributed by atoms with Crippen LogP contribution in [0, 0.1) is 53.7 Å². The van der Waals surface area contributed by atoms with Gasteiger partial charge >= 0.3 is 0 Å². The van der Waals surface area contributed by atoms with E-state index >= 15 is 0 Å². The quantitative estimate of drug-likeness (QED) is 0.700. The topological polar surface area (TPSA) is 84.4 Å². The summed E-state index contributed by atoms with van der Waals surface area (Å²) in [5.74, 6) is 0. The van der Waals surface area contributed by atoms with E-state index in [-0.39, 0.29) is 33.1 Å². The first-order valence-electron chi connectivity index (χ1n) is 6.32. The lowest BCUT2D eigenvalue weighted by atomic mass is 10.00. The lowest BCUT2D eigenvalue weighted by molar-refractivity contribution is 1.48. The highest BCUT2D eigenvalue weighted by Crippen LogP contribution is 2.25. The molecule has 0 amide bonds. The molecule has 0 aromatic heterocycles. The van der Waals surface area contributed by atoms with Gasteiger partial charge in [-0.3, -0.25) is 0 Å². The van der Waals surface area contributed by atoms with Crippen LogP contribution in [0.4, 0.5) is 5.69 Å². The van der Waals surface area contributed by atoms with E-state index in [9.17, 15) is 5.26 Å². The molecule has 0 spiro atoms. The van der Waals surface area contributed by atoms with E-state index < -0.39 is 0 Å². The van der Waals surface area contributed by atoms with Crippen molar-refractivity contribution in [1.29, 1.82) is 15.8 Å². The Morgan fingerprint density at radius 1 is 0.792 bits per heavy atom. The summed E-state index contributed by atoms with van der Waals surface area (Å²) in [6, 6.07) is 11.3. The van der Waals surface area contributed by atoms with E-state index in [0.717, 1.165) is 0 Å². The molecule has 0 saturated heterocycles. The molecular formula is C18H4N6. The minimum atomic E-state index is -0.182. The van der Waals surface area contributed by atoms with Gasteiger partial charge in [0.25, 0.3) is 11.4 Å². The van der Waals surface area contributed by atoms with E-state index in [2.05, 4.69) is 14.5 Å². The van der Waals surface area contributed by atoms with Crippen molar-refractivity contribution in [2.45, 2.75) is 0 Å². The normalized spacial score (nSPS) is 11.6. The molecule has 0 atom stereocenters. The summed E-state index contributed by atoms with van der Waals surface area (Å²) >= 11 is 0. The Balaban J connectivity index is 3.22. The molecule has 6 nitrogen and oxygen atoms in total. The highest BCUT2D eigenvalue weighted by molar-refractivity contribution is 5.98. The van der Waals surface area contributed by atoms with Gasteiger partial charge in [0.2, 0.25) is 0 Å². The summed E-state index contributed by atoms with van der Waals surface area (Å²) in [7, 11) is 0. The molecule has 24 heavy (non-hydrogen) atoms. The Morgan fingerprint density at radius 3 is 1.79 bits per heavy atom. The van der Waals surface area contributed by atoms with E-state index in [1.165, 1.54) is 24.3 Å². The number of hydrogen-bond acceptors (Lipinski definition) is 3. The fourth-order valence-electron chi connectivity index (χ4n) is 2.21. The largest absolute Gasteiger partial charge is 0.268 e. The van der Waals surface area contributed by atoms with Crippen LogP contribution in [0.5, 0.6) is 0 Å². The fourth-order valence-corrected chi connectivity index (χ4v) is 2.21. The molecule has 106 valence electrons. The Bertz CT molecular complexity index is 1120. The van der Waals surface area contributed by atoms with E-state index in [1.807, 2.05) is 6.07 Å². The van der Waals surface area contributed by atoms with Crippen molar-refractivity contribution in [2.24, 2.45) is 0 Å². The lowest BCUT2D eigenvalue weighted by Gasteiger charge is -2.04. The molecular weight excluding hydrogens is 300 g/mol. The van der Waals surface area contributed by atoms with Crippen molar-refractivity contribution in [3.63, 3.8) is 0 Å². The standard InChI is InChI=1S/C18H4N6/c1-22-16-7-12(18(10-21)24-3)5-14-13(8-19)4-11(6-15(14)16)17(9-20)23-2/h4-7H/b17-11-,18-12-. The third-order valence-corrected chi connectivity index (χ3v) is 3.27. The molecule has 0 aliphatic heterocycles. The predicted octanol–water partition coefficient (Wildman–Crippen LogP) is 2.36. The number of benzene rings is 2. The van der Waals surface area contributed by atoms with E-state index in [1.54, 1.807) is 12.1 Å². The number of rotatable bonds is 0. The highest BCUT2D eigenvalue weighted by atomic mass is 14.7. The van der Waals surface area contributed by atoms with Crippen molar-refractivity contribution in [2.75, 3.05) is 0 Å². The second kappa shape index (κ2) is 6.43. The molecule has 2 aromatic rings. The Labute approximate surface area is 137 Å². The van der Waals surface area contributed by atoms with Crippen LogP contribution in [0.15, 0.2) is 24.3 Å². The van der Waals surface area contributed by atoms with Crippen molar-refractivity contribution < 1.29 is 0 Å². The summed E-state index contributed by atoms with van der Waals surface area (Å²) in [4.78, 5) is 9.62. The SMILES string of the molecule is [C-]#[N+]/C(C#N)=c1\cc([N+]#[C-])c2c/c(=C(/C#N)[N+]#[C-])cc(C#N)c2c1. The number of hydrogen-bond donors (Lipinski definition) is 0. The lowest BCUT2D eigenvalue weighted by Crippen LogP contribution is -2.08. The zero-order chi connectivity index (χ0) is 17.7. The second-order valence-electron chi connectivity index (χ2n) is 4.48. The molecule has 0 fully saturated rings. The van der Waals surface area contributed by atoms with Crippen molar-refractivity contribution >= 4 is 27.9 Å². The molecule has 2 rings (SSSR count). The van der Waals surface area contributed by atoms with Gasteiger partial charge in [-0.25, -0.2) is 25.1 Å². The first-order valence-corrected chi connectivity index (χ1v) is 6.32. The summed E-state index contributed by atoms with van der Waals surface area (Å²) in [5.41, 5.74) is -0.0634. The van der Waals surface area contributed by atoms with Crippen molar-refractivity contribution in [3.05, 3.63) is 74.5 Å². The number of fused-ring (bicyclic) bond motifs is 1. The number of nitriles is 3. The molecule has 0 aliphatic carbocycles. The molecule has 0 N–H and O–H groups in total. The molecule has 0 heterocycles. The first-order chi connectivity index (χ1) is 11.6. The molecule has 0 unspecified atom stereocenters. The third-order valence-electron chi connectivity index (χ3n) is 3.27. The predicted molar refractivity (Wildman–Crippen MR) is 85.4 cm³/mol. The van der Waals surface area contributed by atoms with Crippen molar-refractivity contribution in [1.82, 2.24) is 0 Å². The first kappa shape index (κ1) is 15.8. The van der Waals surface area contributed by atoms with E-state index in [4.69, 9.17) is 30.2 Å². The average molecular weight is 304 g/mol. The van der Waals surface area contributed by atoms with Gasteiger partial charge in [0.05, 0.1) is 43.5 Å². The Kier molecular flexibility index (Phi) is 4.22. The Morgan fingerprint density at radius 2 is 1.33 bits per heavy atom. The van der Waals surface area contributed by atoms with Crippen LogP contribution in [0.3, 0.4) is 0 Å². The minimum absolute atomic E-state index is 0.138. The average Bonchev–Trinajstić information content (AvgIpc) is 2.62. The van der Waals surface area contributed by atoms with Gasteiger partial charge in [0, 0.05) is 0 Å². The molecule has 6 heteroatoms. The minimum Gasteiger partial charge on any atom is -0.238 e. The highest BCUT2D eigenvalue weighted by Gasteiger charge is 2.09. The molecule has 0 radical (unpaired) electrons. The molecule has 2 aromatic carbocycles. The van der Waals surface area contributed by atoms with Crippen LogP contribution in [-0.4, -0.2) is 0 Å². The van der Waals surface area contributed by atoms with E-state index in [0.29, 0.717) is 10.8 Å². The van der Waals surface area contributed by atoms with Crippen LogP contribution < -0.4 is 10.4 Å². The van der Waals surface area contributed by atoms with Gasteiger partial charge in [-0.05, 0) is 27.3 Å². The maximum absolute atomic E-state index is 9.37. The van der Waals surface area contributed by atoms with Gasteiger partial charge in [0.1, 0.15) is 0 Å². The van der Waals surface area contributed by atoms with Crippen LogP contribution in [0.2, 0.25) is 0 Å². The molecule has 0 saturated carbocycles. The van der Waals surface area contributed by atoms with Gasteiger partial charge in [-0.15, -0.1) is 0 Å². The second-order valence-corrected chi connectivity index (χ2v) is 4.48. The van der Waals surface area contributed by atoms with Gasteiger partial charge in [0.15, 0.2) is 5.69 Å². The van der Waals surface area contributed by atoms with Crippen LogP contribution in [0.25, 0.3) is 36.7 Å². The molecule has 0 aliphatic rings. The van der Waals surface area contributed by atoms with Gasteiger partial charge < -0.3 is 0 Å². The summed E-state index contributed by atoms with van der Waals surface area (Å²) in [5, 5.41) is 28.7. The summed E-state index contributed by atoms with van der Waals surface area (Å²) in [6.07, 6.45) is 0. The van der Waals surface area contributed by atoms with Gasteiger partial charge in [-0.1, -0.05) is 18.2 Å². The Hall–Kier alpha value is -4.62. The zero-order valence-electron chi connectivity index (χ0n) is 12.0. The monoisotopic (exact) mass is 304 g/mol. The summed E-state index contributed by atoms with van der Waals surface area (Å²) in [6.45, 7) is 21.4. The van der Waals surface area contributed by atoms with Gasteiger partial charge in [-0.2, -0.15) is 5.26 Å². The third kappa shape index (κ3) is 2.48. The summed E-state index contributed by atoms with van der Waals surface area (Å²) < 4.78 is 0. The number of nitrogens with zero attached hydrogens (tertiary/aromatic N) is 6. The molecule has 0 bridgehead atoms. The van der Waals surface area contributed by atoms with Crippen LogP contribution in [0.1, 0.15) is 5.56 Å².